The van der Waals surface area contributed by atoms with Crippen molar-refractivity contribution >= 4 is 6.03 Å². The Bertz CT molecular complexity index is 308. The fraction of sp³-hybridized carbons (Fsp3) is 0.933. The lowest BCUT2D eigenvalue weighted by Crippen LogP contribution is -2.46. The summed E-state index contributed by atoms with van der Waals surface area (Å²) in [5, 5.41) is 0. The first kappa shape index (κ1) is 13.7. The molecular formula is C15H28N2O. The molecule has 2 unspecified atom stereocenters. The molecule has 0 aliphatic carbocycles. The van der Waals surface area contributed by atoms with Gasteiger partial charge in [-0.05, 0) is 36.5 Å². The third kappa shape index (κ3) is 2.99. The monoisotopic (exact) mass is 252 g/mol. The summed E-state index contributed by atoms with van der Waals surface area (Å²) in [6, 6.07) is 0.285. The summed E-state index contributed by atoms with van der Waals surface area (Å²) in [6.07, 6.45) is 3.61. The minimum Gasteiger partial charge on any atom is -0.324 e. The molecule has 3 nitrogen and oxygen atoms in total. The van der Waals surface area contributed by atoms with Crippen LogP contribution in [0.2, 0.25) is 0 Å². The summed E-state index contributed by atoms with van der Waals surface area (Å²) in [6.45, 7) is 12.9. The Morgan fingerprint density at radius 1 is 1.06 bits per heavy atom. The maximum atomic E-state index is 12.5. The molecule has 2 rings (SSSR count). The molecule has 2 amide bonds. The molecule has 0 aromatic heterocycles. The van der Waals surface area contributed by atoms with Gasteiger partial charge in [0.05, 0.1) is 0 Å². The number of carbonyl (C=O) groups excluding carboxylic acids is 1. The fourth-order valence-corrected chi connectivity index (χ4v) is 3.20. The number of rotatable bonds is 0. The number of hydrogen-bond acceptors (Lipinski definition) is 1. The van der Waals surface area contributed by atoms with Crippen LogP contribution in [0.1, 0.15) is 47.0 Å². The molecular weight excluding hydrogens is 224 g/mol. The lowest BCUT2D eigenvalue weighted by molar-refractivity contribution is 0.134. The summed E-state index contributed by atoms with van der Waals surface area (Å²) in [5.74, 6) is 1.33. The molecule has 2 aliphatic heterocycles. The summed E-state index contributed by atoms with van der Waals surface area (Å²) >= 11 is 0. The Hall–Kier alpha value is -0.730. The van der Waals surface area contributed by atoms with Gasteiger partial charge in [-0.1, -0.05) is 27.7 Å². The van der Waals surface area contributed by atoms with Gasteiger partial charge in [0, 0.05) is 26.2 Å². The molecule has 0 saturated carbocycles. The average Bonchev–Trinajstić information content (AvgIpc) is 2.77. The van der Waals surface area contributed by atoms with Crippen LogP contribution < -0.4 is 0 Å². The SMILES string of the molecule is CC1CCCN(C(=O)N2CCC(C(C)(C)C)C2)C1. The fourth-order valence-electron chi connectivity index (χ4n) is 3.20. The average molecular weight is 252 g/mol. The van der Waals surface area contributed by atoms with Gasteiger partial charge in [0.2, 0.25) is 0 Å². The van der Waals surface area contributed by atoms with E-state index in [2.05, 4.69) is 37.5 Å². The van der Waals surface area contributed by atoms with E-state index in [0.717, 1.165) is 26.2 Å². The van der Waals surface area contributed by atoms with Crippen molar-refractivity contribution in [1.29, 1.82) is 0 Å². The molecule has 0 radical (unpaired) electrons. The molecule has 18 heavy (non-hydrogen) atoms. The predicted octanol–water partition coefficient (Wildman–Crippen LogP) is 3.21. The molecule has 3 heteroatoms. The number of nitrogens with zero attached hydrogens (tertiary/aromatic N) is 2. The lowest BCUT2D eigenvalue weighted by atomic mass is 9.80. The van der Waals surface area contributed by atoms with Crippen molar-refractivity contribution in [2.24, 2.45) is 17.3 Å². The highest BCUT2D eigenvalue weighted by atomic mass is 16.2. The van der Waals surface area contributed by atoms with E-state index in [9.17, 15) is 4.79 Å². The van der Waals surface area contributed by atoms with E-state index in [0.29, 0.717) is 17.3 Å². The van der Waals surface area contributed by atoms with Gasteiger partial charge in [-0.25, -0.2) is 4.79 Å². The third-order valence-corrected chi connectivity index (χ3v) is 4.61. The second-order valence-corrected chi connectivity index (χ2v) is 7.27. The summed E-state index contributed by atoms with van der Waals surface area (Å²) < 4.78 is 0. The van der Waals surface area contributed by atoms with Crippen molar-refractivity contribution in [1.82, 2.24) is 9.80 Å². The van der Waals surface area contributed by atoms with Crippen molar-refractivity contribution in [2.45, 2.75) is 47.0 Å². The molecule has 2 fully saturated rings. The molecule has 2 aliphatic rings. The van der Waals surface area contributed by atoms with E-state index in [1.807, 2.05) is 0 Å². The van der Waals surface area contributed by atoms with E-state index in [4.69, 9.17) is 0 Å². The lowest BCUT2D eigenvalue weighted by Gasteiger charge is -2.34. The maximum absolute atomic E-state index is 12.5. The number of amides is 2. The highest BCUT2D eigenvalue weighted by molar-refractivity contribution is 5.74. The van der Waals surface area contributed by atoms with Gasteiger partial charge in [-0.15, -0.1) is 0 Å². The van der Waals surface area contributed by atoms with Crippen LogP contribution in [-0.4, -0.2) is 42.0 Å². The minimum atomic E-state index is 0.285. The summed E-state index contributed by atoms with van der Waals surface area (Å²) in [5.41, 5.74) is 0.324. The predicted molar refractivity (Wildman–Crippen MR) is 74.5 cm³/mol. The number of urea groups is 1. The molecule has 0 spiro atoms. The highest BCUT2D eigenvalue weighted by Crippen LogP contribution is 2.34. The van der Waals surface area contributed by atoms with E-state index in [1.54, 1.807) is 0 Å². The molecule has 2 saturated heterocycles. The zero-order chi connectivity index (χ0) is 13.3. The Kier molecular flexibility index (Phi) is 3.88. The first-order valence-electron chi connectivity index (χ1n) is 7.42. The van der Waals surface area contributed by atoms with Crippen molar-refractivity contribution < 1.29 is 4.79 Å². The molecule has 0 bridgehead atoms. The van der Waals surface area contributed by atoms with Crippen LogP contribution in [0.15, 0.2) is 0 Å². The van der Waals surface area contributed by atoms with Crippen LogP contribution in [0.5, 0.6) is 0 Å². The second-order valence-electron chi connectivity index (χ2n) is 7.27. The molecule has 0 N–H and O–H groups in total. The van der Waals surface area contributed by atoms with Crippen LogP contribution in [-0.2, 0) is 0 Å². The van der Waals surface area contributed by atoms with Gasteiger partial charge in [-0.3, -0.25) is 0 Å². The topological polar surface area (TPSA) is 23.6 Å². The van der Waals surface area contributed by atoms with Gasteiger partial charge < -0.3 is 9.80 Å². The first-order chi connectivity index (χ1) is 8.38. The molecule has 104 valence electrons. The molecule has 0 aromatic rings. The molecule has 0 aromatic carbocycles. The van der Waals surface area contributed by atoms with Crippen molar-refractivity contribution in [2.75, 3.05) is 26.2 Å². The van der Waals surface area contributed by atoms with E-state index >= 15 is 0 Å². The quantitative estimate of drug-likeness (QED) is 0.649. The Morgan fingerprint density at radius 2 is 1.72 bits per heavy atom. The molecule has 2 heterocycles. The number of piperidine rings is 1. The summed E-state index contributed by atoms with van der Waals surface area (Å²) in [4.78, 5) is 16.6. The van der Waals surface area contributed by atoms with Crippen molar-refractivity contribution in [3.63, 3.8) is 0 Å². The van der Waals surface area contributed by atoms with Crippen molar-refractivity contribution in [3.05, 3.63) is 0 Å². The van der Waals surface area contributed by atoms with Crippen LogP contribution >= 0.6 is 0 Å². The Labute approximate surface area is 112 Å². The summed E-state index contributed by atoms with van der Waals surface area (Å²) in [7, 11) is 0. The number of likely N-dealkylation sites (tertiary alicyclic amines) is 2. The van der Waals surface area contributed by atoms with Crippen molar-refractivity contribution in [3.8, 4) is 0 Å². The highest BCUT2D eigenvalue weighted by Gasteiger charge is 2.35. The van der Waals surface area contributed by atoms with Gasteiger partial charge in [0.15, 0.2) is 0 Å². The first-order valence-corrected chi connectivity index (χ1v) is 7.42. The van der Waals surface area contributed by atoms with E-state index < -0.39 is 0 Å². The van der Waals surface area contributed by atoms with Crippen LogP contribution in [0, 0.1) is 17.3 Å². The smallest absolute Gasteiger partial charge is 0.320 e. The molecule has 2 atom stereocenters. The zero-order valence-electron chi connectivity index (χ0n) is 12.4. The Morgan fingerprint density at radius 3 is 2.28 bits per heavy atom. The van der Waals surface area contributed by atoms with E-state index in [-0.39, 0.29) is 6.03 Å². The largest absolute Gasteiger partial charge is 0.324 e. The normalized spacial score (nSPS) is 29.8. The Balaban J connectivity index is 1.91. The van der Waals surface area contributed by atoms with Crippen LogP contribution in [0.4, 0.5) is 4.79 Å². The standard InChI is InChI=1S/C15H28N2O/c1-12-6-5-8-16(10-12)14(18)17-9-7-13(11-17)15(2,3)4/h12-13H,5-11H2,1-4H3. The van der Waals surface area contributed by atoms with Crippen LogP contribution in [0.3, 0.4) is 0 Å². The van der Waals surface area contributed by atoms with Gasteiger partial charge in [0.1, 0.15) is 0 Å². The second kappa shape index (κ2) is 5.10. The minimum absolute atomic E-state index is 0.285. The van der Waals surface area contributed by atoms with E-state index in [1.165, 1.54) is 19.3 Å². The van der Waals surface area contributed by atoms with Crippen LogP contribution in [0.25, 0.3) is 0 Å². The third-order valence-electron chi connectivity index (χ3n) is 4.61. The zero-order valence-corrected chi connectivity index (χ0v) is 12.4. The van der Waals surface area contributed by atoms with Gasteiger partial charge in [0.25, 0.3) is 0 Å². The maximum Gasteiger partial charge on any atom is 0.320 e. The number of carbonyl (C=O) groups is 1. The van der Waals surface area contributed by atoms with Gasteiger partial charge >= 0.3 is 6.03 Å². The number of hydrogen-bond donors (Lipinski definition) is 0. The van der Waals surface area contributed by atoms with Gasteiger partial charge in [-0.2, -0.15) is 0 Å².